The monoisotopic (exact) mass is 463 g/mol. The predicted octanol–water partition coefficient (Wildman–Crippen LogP) is 4.42. The average molecular weight is 464 g/mol. The van der Waals surface area contributed by atoms with Crippen LogP contribution in [0.4, 0.5) is 5.69 Å². The summed E-state index contributed by atoms with van der Waals surface area (Å²) in [6, 6.07) is 13.5. The summed E-state index contributed by atoms with van der Waals surface area (Å²) in [5.41, 5.74) is 1.62. The summed E-state index contributed by atoms with van der Waals surface area (Å²) in [5, 5.41) is 12.0. The normalized spacial score (nSPS) is 11.0. The fourth-order valence-corrected chi connectivity index (χ4v) is 3.09. The topological polar surface area (TPSA) is 92.7 Å². The zero-order chi connectivity index (χ0) is 20.5. The summed E-state index contributed by atoms with van der Waals surface area (Å²) in [6.45, 7) is 2.01. The van der Waals surface area contributed by atoms with Crippen molar-refractivity contribution < 1.29 is 24.2 Å². The Labute approximate surface area is 175 Å². The first-order chi connectivity index (χ1) is 13.4. The molecule has 0 bridgehead atoms. The smallest absolute Gasteiger partial charge is 0.342 e. The predicted molar refractivity (Wildman–Crippen MR) is 113 cm³/mol. The zero-order valence-electron chi connectivity index (χ0n) is 15.0. The molecule has 0 saturated carbocycles. The molecular weight excluding hydrogens is 446 g/mol. The van der Waals surface area contributed by atoms with Gasteiger partial charge in [-0.3, -0.25) is 4.79 Å². The summed E-state index contributed by atoms with van der Waals surface area (Å²) in [7, 11) is 0. The molecule has 0 saturated heterocycles. The second-order valence-electron chi connectivity index (χ2n) is 5.50. The molecule has 1 amide bonds. The molecule has 0 aliphatic heterocycles. The number of carbonyl (C=O) groups is 3. The van der Waals surface area contributed by atoms with E-state index in [2.05, 4.69) is 21.2 Å². The number of halogens is 1. The number of thioether (sulfide) groups is 1. The van der Waals surface area contributed by atoms with Crippen molar-refractivity contribution in [1.29, 1.82) is 0 Å². The van der Waals surface area contributed by atoms with Crippen LogP contribution in [0.2, 0.25) is 0 Å². The lowest BCUT2D eigenvalue weighted by molar-refractivity contribution is -0.131. The lowest BCUT2D eigenvalue weighted by Gasteiger charge is -2.07. The van der Waals surface area contributed by atoms with Crippen LogP contribution < -0.4 is 5.32 Å². The van der Waals surface area contributed by atoms with Gasteiger partial charge in [0.25, 0.3) is 0 Å². The molecule has 0 aliphatic carbocycles. The van der Waals surface area contributed by atoms with Gasteiger partial charge in [-0.1, -0.05) is 28.1 Å². The lowest BCUT2D eigenvalue weighted by atomic mass is 10.2. The Morgan fingerprint density at radius 1 is 1.11 bits per heavy atom. The number of nitrogens with one attached hydrogen (secondary N) is 1. The third kappa shape index (κ3) is 6.86. The zero-order valence-corrected chi connectivity index (χ0v) is 17.4. The SMILES string of the molecule is CCOC(=O)c1ccc(NC(=O)CS/C(=C/c2ccc(Br)cc2)C(=O)O)cc1. The number of hydrogen-bond acceptors (Lipinski definition) is 5. The van der Waals surface area contributed by atoms with Gasteiger partial charge in [-0.05, 0) is 55.0 Å². The van der Waals surface area contributed by atoms with Crippen LogP contribution in [0.1, 0.15) is 22.8 Å². The Hall–Kier alpha value is -2.58. The van der Waals surface area contributed by atoms with E-state index in [-0.39, 0.29) is 23.2 Å². The van der Waals surface area contributed by atoms with Gasteiger partial charge in [0.1, 0.15) is 0 Å². The van der Waals surface area contributed by atoms with Crippen LogP contribution in [0, 0.1) is 0 Å². The molecule has 0 spiro atoms. The van der Waals surface area contributed by atoms with Gasteiger partial charge in [-0.25, -0.2) is 9.59 Å². The number of carboxylic acid groups (broad SMARTS) is 1. The summed E-state index contributed by atoms with van der Waals surface area (Å²) < 4.78 is 5.79. The van der Waals surface area contributed by atoms with E-state index in [0.29, 0.717) is 11.3 Å². The van der Waals surface area contributed by atoms with Crippen LogP contribution in [-0.2, 0) is 14.3 Å². The number of hydrogen-bond donors (Lipinski definition) is 2. The van der Waals surface area contributed by atoms with Crippen molar-refractivity contribution in [2.24, 2.45) is 0 Å². The molecular formula is C20H18BrNO5S. The van der Waals surface area contributed by atoms with Crippen LogP contribution in [0.15, 0.2) is 57.9 Å². The first-order valence-electron chi connectivity index (χ1n) is 8.29. The Kier molecular flexibility index (Phi) is 8.28. The minimum absolute atomic E-state index is 0.0612. The van der Waals surface area contributed by atoms with E-state index in [0.717, 1.165) is 21.8 Å². The van der Waals surface area contributed by atoms with Gasteiger partial charge in [-0.2, -0.15) is 0 Å². The number of rotatable bonds is 8. The van der Waals surface area contributed by atoms with Gasteiger partial charge >= 0.3 is 11.9 Å². The molecule has 146 valence electrons. The molecule has 2 aromatic rings. The van der Waals surface area contributed by atoms with Crippen LogP contribution in [0.25, 0.3) is 6.08 Å². The molecule has 8 heteroatoms. The van der Waals surface area contributed by atoms with Gasteiger partial charge in [0.2, 0.25) is 5.91 Å². The van der Waals surface area contributed by atoms with E-state index in [1.807, 2.05) is 12.1 Å². The number of aliphatic carboxylic acids is 1. The summed E-state index contributed by atoms with van der Waals surface area (Å²) >= 11 is 4.26. The highest BCUT2D eigenvalue weighted by Crippen LogP contribution is 2.21. The second-order valence-corrected chi connectivity index (χ2v) is 7.43. The van der Waals surface area contributed by atoms with Crippen molar-refractivity contribution in [2.45, 2.75) is 6.92 Å². The molecule has 0 aromatic heterocycles. The molecule has 28 heavy (non-hydrogen) atoms. The highest BCUT2D eigenvalue weighted by Gasteiger charge is 2.12. The number of benzene rings is 2. The van der Waals surface area contributed by atoms with Gasteiger partial charge in [0, 0.05) is 10.2 Å². The van der Waals surface area contributed by atoms with E-state index in [1.54, 1.807) is 43.3 Å². The summed E-state index contributed by atoms with van der Waals surface area (Å²) in [6.07, 6.45) is 1.51. The maximum absolute atomic E-state index is 12.1. The fourth-order valence-electron chi connectivity index (χ4n) is 2.12. The molecule has 0 aliphatic rings. The largest absolute Gasteiger partial charge is 0.477 e. The average Bonchev–Trinajstić information content (AvgIpc) is 2.67. The Morgan fingerprint density at radius 3 is 2.32 bits per heavy atom. The Balaban J connectivity index is 1.95. The number of esters is 1. The molecule has 0 fully saturated rings. The quantitative estimate of drug-likeness (QED) is 0.444. The first kappa shape index (κ1) is 21.7. The molecule has 2 aromatic carbocycles. The minimum Gasteiger partial charge on any atom is -0.477 e. The van der Waals surface area contributed by atoms with E-state index < -0.39 is 11.9 Å². The number of carbonyl (C=O) groups excluding carboxylic acids is 2. The lowest BCUT2D eigenvalue weighted by Crippen LogP contribution is -2.15. The van der Waals surface area contributed by atoms with E-state index >= 15 is 0 Å². The van der Waals surface area contributed by atoms with Crippen LogP contribution in [-0.4, -0.2) is 35.3 Å². The van der Waals surface area contributed by atoms with Crippen molar-refractivity contribution >= 4 is 57.3 Å². The highest BCUT2D eigenvalue weighted by molar-refractivity contribution is 9.10. The molecule has 2 N–H and O–H groups in total. The van der Waals surface area contributed by atoms with Gasteiger partial charge < -0.3 is 15.2 Å². The standard InChI is InChI=1S/C20H18BrNO5S/c1-2-27-20(26)14-5-9-16(10-6-14)22-18(23)12-28-17(19(24)25)11-13-3-7-15(21)8-4-13/h3-11H,2,12H2,1H3,(H,22,23)(H,24,25)/b17-11+. The van der Waals surface area contributed by atoms with Crippen LogP contribution >= 0.6 is 27.7 Å². The number of amides is 1. The fraction of sp³-hybridized carbons (Fsp3) is 0.150. The highest BCUT2D eigenvalue weighted by atomic mass is 79.9. The molecule has 0 atom stereocenters. The van der Waals surface area contributed by atoms with Crippen LogP contribution in [0.5, 0.6) is 0 Å². The minimum atomic E-state index is -1.10. The van der Waals surface area contributed by atoms with Crippen molar-refractivity contribution in [3.8, 4) is 0 Å². The van der Waals surface area contributed by atoms with Gasteiger partial charge in [0.05, 0.1) is 22.8 Å². The Morgan fingerprint density at radius 2 is 1.75 bits per heavy atom. The first-order valence-corrected chi connectivity index (χ1v) is 10.1. The molecule has 0 unspecified atom stereocenters. The van der Waals surface area contributed by atoms with Crippen molar-refractivity contribution in [3.05, 3.63) is 69.0 Å². The van der Waals surface area contributed by atoms with Crippen LogP contribution in [0.3, 0.4) is 0 Å². The number of anilines is 1. The maximum Gasteiger partial charge on any atom is 0.342 e. The van der Waals surface area contributed by atoms with E-state index in [9.17, 15) is 19.5 Å². The van der Waals surface area contributed by atoms with Crippen molar-refractivity contribution in [1.82, 2.24) is 0 Å². The van der Waals surface area contributed by atoms with Gasteiger partial charge in [-0.15, -0.1) is 11.8 Å². The second kappa shape index (κ2) is 10.7. The third-order valence-corrected chi connectivity index (χ3v) is 4.96. The molecule has 0 heterocycles. The maximum atomic E-state index is 12.1. The van der Waals surface area contributed by atoms with Crippen molar-refractivity contribution in [3.63, 3.8) is 0 Å². The third-order valence-electron chi connectivity index (χ3n) is 3.42. The number of carboxylic acids is 1. The summed E-state index contributed by atoms with van der Waals surface area (Å²) in [5.74, 6) is -1.94. The van der Waals surface area contributed by atoms with Gasteiger partial charge in [0.15, 0.2) is 0 Å². The van der Waals surface area contributed by atoms with E-state index in [4.69, 9.17) is 4.74 Å². The number of ether oxygens (including phenoxy) is 1. The Bertz CT molecular complexity index is 878. The van der Waals surface area contributed by atoms with E-state index in [1.165, 1.54) is 6.08 Å². The molecule has 2 rings (SSSR count). The van der Waals surface area contributed by atoms with Crippen molar-refractivity contribution in [2.75, 3.05) is 17.7 Å². The summed E-state index contributed by atoms with van der Waals surface area (Å²) in [4.78, 5) is 35.2. The molecule has 6 nitrogen and oxygen atoms in total. The molecule has 0 radical (unpaired) electrons.